The average molecular weight is 346 g/mol. The first-order valence-electron chi connectivity index (χ1n) is 9.10. The Bertz CT molecular complexity index is 946. The van der Waals surface area contributed by atoms with Crippen molar-refractivity contribution in [1.82, 2.24) is 9.55 Å². The zero-order valence-corrected chi connectivity index (χ0v) is 14.9. The van der Waals surface area contributed by atoms with Crippen molar-refractivity contribution < 1.29 is 4.74 Å². The van der Waals surface area contributed by atoms with Crippen LogP contribution >= 0.6 is 0 Å². The number of hydrogen-bond donors (Lipinski definition) is 0. The van der Waals surface area contributed by atoms with Crippen molar-refractivity contribution in [3.05, 3.63) is 82.4 Å². The third-order valence-corrected chi connectivity index (χ3v) is 4.89. The van der Waals surface area contributed by atoms with Gasteiger partial charge in [-0.2, -0.15) is 0 Å². The van der Waals surface area contributed by atoms with Crippen LogP contribution in [-0.4, -0.2) is 9.55 Å². The number of fused-ring (bicyclic) bond motifs is 1. The molecule has 1 aromatic heterocycles. The molecule has 0 aliphatic carbocycles. The molecule has 0 saturated carbocycles. The number of nitrogens with zero attached hydrogens (tertiary/aromatic N) is 2. The zero-order valence-electron chi connectivity index (χ0n) is 14.9. The summed E-state index contributed by atoms with van der Waals surface area (Å²) in [5.74, 6) is 1.71. The Morgan fingerprint density at radius 3 is 2.65 bits per heavy atom. The van der Waals surface area contributed by atoms with Gasteiger partial charge in [-0.1, -0.05) is 30.3 Å². The van der Waals surface area contributed by atoms with Crippen LogP contribution in [0.15, 0.2) is 65.5 Å². The highest BCUT2D eigenvalue weighted by Gasteiger charge is 2.19. The second-order valence-electron chi connectivity index (χ2n) is 6.81. The zero-order chi connectivity index (χ0) is 17.9. The van der Waals surface area contributed by atoms with Crippen LogP contribution in [0.2, 0.25) is 0 Å². The summed E-state index contributed by atoms with van der Waals surface area (Å²) in [6, 6.07) is 19.8. The molecule has 0 fully saturated rings. The predicted octanol–water partition coefficient (Wildman–Crippen LogP) is 4.39. The summed E-state index contributed by atoms with van der Waals surface area (Å²) in [4.78, 5) is 17.2. The molecule has 4 heteroatoms. The highest BCUT2D eigenvalue weighted by molar-refractivity contribution is 5.59. The van der Waals surface area contributed by atoms with Crippen molar-refractivity contribution in [1.29, 1.82) is 0 Å². The topological polar surface area (TPSA) is 44.1 Å². The Balaban J connectivity index is 1.54. The fourth-order valence-electron chi connectivity index (χ4n) is 3.48. The molecule has 26 heavy (non-hydrogen) atoms. The van der Waals surface area contributed by atoms with Gasteiger partial charge in [-0.25, -0.2) is 4.98 Å². The third kappa shape index (κ3) is 3.40. The molecule has 0 bridgehead atoms. The van der Waals surface area contributed by atoms with Crippen LogP contribution in [0.5, 0.6) is 5.75 Å². The highest BCUT2D eigenvalue weighted by Crippen LogP contribution is 2.25. The molecule has 4 rings (SSSR count). The van der Waals surface area contributed by atoms with E-state index in [-0.39, 0.29) is 11.6 Å². The van der Waals surface area contributed by atoms with Gasteiger partial charge in [0.05, 0.1) is 5.69 Å². The van der Waals surface area contributed by atoms with Gasteiger partial charge < -0.3 is 4.74 Å². The molecule has 2 heterocycles. The molecule has 1 aliphatic rings. The SMILES string of the molecule is C[C@H]1CCCc2nc(-c3ccc(OCc4ccccc4)cc3)cc(=O)n21. The van der Waals surface area contributed by atoms with E-state index in [2.05, 4.69) is 6.92 Å². The van der Waals surface area contributed by atoms with Crippen LogP contribution in [0, 0.1) is 0 Å². The monoisotopic (exact) mass is 346 g/mol. The molecular formula is C22H22N2O2. The van der Waals surface area contributed by atoms with E-state index in [1.807, 2.05) is 59.2 Å². The first-order valence-corrected chi connectivity index (χ1v) is 9.10. The standard InChI is InChI=1S/C22H22N2O2/c1-16-6-5-9-21-23-20(14-22(25)24(16)21)18-10-12-19(13-11-18)26-15-17-7-3-2-4-8-17/h2-4,7-8,10-14,16H,5-6,9,15H2,1H3/t16-/m0/s1. The number of ether oxygens (including phenoxy) is 1. The second kappa shape index (κ2) is 7.16. The van der Waals surface area contributed by atoms with E-state index in [0.29, 0.717) is 6.61 Å². The lowest BCUT2D eigenvalue weighted by molar-refractivity contribution is 0.306. The van der Waals surface area contributed by atoms with E-state index >= 15 is 0 Å². The summed E-state index contributed by atoms with van der Waals surface area (Å²) in [6.07, 6.45) is 3.00. The van der Waals surface area contributed by atoms with E-state index in [1.54, 1.807) is 6.07 Å². The van der Waals surface area contributed by atoms with Gasteiger partial charge in [-0.15, -0.1) is 0 Å². The first-order chi connectivity index (χ1) is 12.7. The highest BCUT2D eigenvalue weighted by atomic mass is 16.5. The molecule has 0 unspecified atom stereocenters. The maximum atomic E-state index is 12.5. The van der Waals surface area contributed by atoms with E-state index in [9.17, 15) is 4.79 Å². The number of benzene rings is 2. The van der Waals surface area contributed by atoms with Crippen LogP contribution in [0.1, 0.15) is 37.2 Å². The van der Waals surface area contributed by atoms with Crippen LogP contribution in [-0.2, 0) is 13.0 Å². The molecule has 3 aromatic rings. The molecule has 0 radical (unpaired) electrons. The number of rotatable bonds is 4. The predicted molar refractivity (Wildman–Crippen MR) is 102 cm³/mol. The fraction of sp³-hybridized carbons (Fsp3) is 0.273. The Kier molecular flexibility index (Phi) is 4.57. The number of aromatic nitrogens is 2. The van der Waals surface area contributed by atoms with Gasteiger partial charge >= 0.3 is 0 Å². The molecule has 1 atom stereocenters. The molecule has 1 aliphatic heterocycles. The Morgan fingerprint density at radius 2 is 1.88 bits per heavy atom. The van der Waals surface area contributed by atoms with Crippen molar-refractivity contribution in [2.24, 2.45) is 0 Å². The Morgan fingerprint density at radius 1 is 1.12 bits per heavy atom. The van der Waals surface area contributed by atoms with Gasteiger partial charge in [0.15, 0.2) is 0 Å². The summed E-state index contributed by atoms with van der Waals surface area (Å²) in [7, 11) is 0. The summed E-state index contributed by atoms with van der Waals surface area (Å²) >= 11 is 0. The summed E-state index contributed by atoms with van der Waals surface area (Å²) in [6.45, 7) is 2.63. The molecular weight excluding hydrogens is 324 g/mol. The summed E-state index contributed by atoms with van der Waals surface area (Å²) < 4.78 is 7.66. The molecule has 0 amide bonds. The van der Waals surface area contributed by atoms with Crippen LogP contribution in [0.3, 0.4) is 0 Å². The van der Waals surface area contributed by atoms with Gasteiger partial charge in [-0.05, 0) is 49.6 Å². The molecule has 0 saturated heterocycles. The van der Waals surface area contributed by atoms with Gasteiger partial charge in [0, 0.05) is 24.1 Å². The minimum atomic E-state index is 0.0432. The Hall–Kier alpha value is -2.88. The lowest BCUT2D eigenvalue weighted by Crippen LogP contribution is -2.30. The number of hydrogen-bond acceptors (Lipinski definition) is 3. The minimum absolute atomic E-state index is 0.0432. The normalized spacial score (nSPS) is 16.1. The third-order valence-electron chi connectivity index (χ3n) is 4.89. The molecule has 132 valence electrons. The van der Waals surface area contributed by atoms with Gasteiger partial charge in [0.2, 0.25) is 0 Å². The van der Waals surface area contributed by atoms with Crippen molar-refractivity contribution in [2.75, 3.05) is 0 Å². The first kappa shape index (κ1) is 16.6. The maximum absolute atomic E-state index is 12.5. The van der Waals surface area contributed by atoms with Gasteiger partial charge in [0.25, 0.3) is 5.56 Å². The van der Waals surface area contributed by atoms with Crippen molar-refractivity contribution >= 4 is 0 Å². The molecule has 2 aromatic carbocycles. The molecule has 0 spiro atoms. The van der Waals surface area contributed by atoms with Gasteiger partial charge in [-0.3, -0.25) is 9.36 Å². The van der Waals surface area contributed by atoms with Gasteiger partial charge in [0.1, 0.15) is 18.2 Å². The smallest absolute Gasteiger partial charge is 0.254 e. The number of aryl methyl sites for hydroxylation is 1. The van der Waals surface area contributed by atoms with Crippen LogP contribution in [0.25, 0.3) is 11.3 Å². The second-order valence-corrected chi connectivity index (χ2v) is 6.81. The summed E-state index contributed by atoms with van der Waals surface area (Å²) in [5.41, 5.74) is 2.86. The van der Waals surface area contributed by atoms with E-state index in [0.717, 1.165) is 47.7 Å². The largest absolute Gasteiger partial charge is 0.489 e. The van der Waals surface area contributed by atoms with E-state index in [4.69, 9.17) is 9.72 Å². The van der Waals surface area contributed by atoms with E-state index < -0.39 is 0 Å². The average Bonchev–Trinajstić information content (AvgIpc) is 2.67. The van der Waals surface area contributed by atoms with Crippen LogP contribution < -0.4 is 10.3 Å². The lowest BCUT2D eigenvalue weighted by Gasteiger charge is -2.24. The maximum Gasteiger partial charge on any atom is 0.254 e. The van der Waals surface area contributed by atoms with Crippen molar-refractivity contribution in [3.63, 3.8) is 0 Å². The fourth-order valence-corrected chi connectivity index (χ4v) is 3.48. The molecule has 0 N–H and O–H groups in total. The van der Waals surface area contributed by atoms with E-state index in [1.165, 1.54) is 0 Å². The van der Waals surface area contributed by atoms with Crippen LogP contribution in [0.4, 0.5) is 0 Å². The molecule has 4 nitrogen and oxygen atoms in total. The Labute approximate surface area is 153 Å². The summed E-state index contributed by atoms with van der Waals surface area (Å²) in [5, 5.41) is 0. The lowest BCUT2D eigenvalue weighted by atomic mass is 10.0. The van der Waals surface area contributed by atoms with Crippen molar-refractivity contribution in [3.8, 4) is 17.0 Å². The van der Waals surface area contributed by atoms with Crippen molar-refractivity contribution in [2.45, 2.75) is 38.8 Å². The minimum Gasteiger partial charge on any atom is -0.489 e. The quantitative estimate of drug-likeness (QED) is 0.704.